The van der Waals surface area contributed by atoms with Gasteiger partial charge in [0.15, 0.2) is 11.5 Å². The minimum absolute atomic E-state index is 0.0934. The van der Waals surface area contributed by atoms with Crippen LogP contribution in [-0.4, -0.2) is 65.0 Å². The highest BCUT2D eigenvalue weighted by molar-refractivity contribution is 6.09. The average Bonchev–Trinajstić information content (AvgIpc) is 3.62. The molecule has 0 aromatic carbocycles. The van der Waals surface area contributed by atoms with Gasteiger partial charge in [-0.1, -0.05) is 0 Å². The number of rotatable bonds is 10. The number of amides is 2. The Labute approximate surface area is 215 Å². The van der Waals surface area contributed by atoms with Crippen molar-refractivity contribution in [2.24, 2.45) is 0 Å². The monoisotopic (exact) mass is 533 g/mol. The van der Waals surface area contributed by atoms with E-state index in [1.54, 1.807) is 6.20 Å². The molecule has 202 valence electrons. The van der Waals surface area contributed by atoms with Crippen molar-refractivity contribution in [3.05, 3.63) is 48.2 Å². The minimum Gasteiger partial charge on any atom is -0.389 e. The Kier molecular flexibility index (Phi) is 7.57. The first-order valence-electron chi connectivity index (χ1n) is 11.7. The van der Waals surface area contributed by atoms with Crippen LogP contribution in [0.3, 0.4) is 0 Å². The molecule has 0 bridgehead atoms. The molecule has 4 N–H and O–H groups in total. The highest BCUT2D eigenvalue weighted by atomic mass is 19.4. The van der Waals surface area contributed by atoms with E-state index in [0.717, 1.165) is 23.7 Å². The van der Waals surface area contributed by atoms with Crippen LogP contribution >= 0.6 is 0 Å². The van der Waals surface area contributed by atoms with E-state index in [1.165, 1.54) is 32.6 Å². The number of aryl methyl sites for hydroxylation is 1. The van der Waals surface area contributed by atoms with Crippen LogP contribution in [0.4, 0.5) is 30.4 Å². The average molecular weight is 534 g/mol. The van der Waals surface area contributed by atoms with Gasteiger partial charge in [0.05, 0.1) is 60.4 Å². The number of hydrogen-bond acceptors (Lipinski definition) is 9. The standard InChI is InChI=1S/C23H26F3N9O3/c1-22(2,38)11-30-21(37)18-16(10-31-35(18)6-5-23(24,25)26)34-20(36)17-19(32-14-7-27-12-28-8-14)29-9-15(33-17)13-3-4-13/h7-10,12-13,38H,3-6,11H2,1-2H3,(H,29,32)(H,30,37)(H,34,36). The summed E-state index contributed by atoms with van der Waals surface area (Å²) in [5.74, 6) is -1.30. The van der Waals surface area contributed by atoms with E-state index in [4.69, 9.17) is 0 Å². The summed E-state index contributed by atoms with van der Waals surface area (Å²) in [6, 6.07) is 0. The zero-order valence-corrected chi connectivity index (χ0v) is 20.6. The van der Waals surface area contributed by atoms with Gasteiger partial charge in [-0.25, -0.2) is 19.9 Å². The molecule has 3 heterocycles. The van der Waals surface area contributed by atoms with Crippen LogP contribution in [0, 0.1) is 0 Å². The van der Waals surface area contributed by atoms with Crippen molar-refractivity contribution in [3.63, 3.8) is 0 Å². The van der Waals surface area contributed by atoms with Crippen LogP contribution in [0.2, 0.25) is 0 Å². The van der Waals surface area contributed by atoms with Gasteiger partial charge in [0, 0.05) is 12.5 Å². The van der Waals surface area contributed by atoms with Crippen LogP contribution in [0.15, 0.2) is 31.1 Å². The van der Waals surface area contributed by atoms with Crippen molar-refractivity contribution in [2.75, 3.05) is 17.2 Å². The molecule has 1 saturated carbocycles. The van der Waals surface area contributed by atoms with Gasteiger partial charge in [-0.05, 0) is 26.7 Å². The van der Waals surface area contributed by atoms with Gasteiger partial charge in [0.1, 0.15) is 12.0 Å². The van der Waals surface area contributed by atoms with Crippen molar-refractivity contribution < 1.29 is 27.9 Å². The lowest BCUT2D eigenvalue weighted by molar-refractivity contribution is -0.137. The highest BCUT2D eigenvalue weighted by Crippen LogP contribution is 2.39. The molecule has 3 aromatic heterocycles. The summed E-state index contributed by atoms with van der Waals surface area (Å²) in [6.45, 7) is 2.07. The lowest BCUT2D eigenvalue weighted by Crippen LogP contribution is -2.39. The first kappa shape index (κ1) is 26.9. The molecule has 3 aromatic rings. The zero-order valence-electron chi connectivity index (χ0n) is 20.6. The van der Waals surface area contributed by atoms with Crippen molar-refractivity contribution in [3.8, 4) is 0 Å². The second-order valence-corrected chi connectivity index (χ2v) is 9.46. The summed E-state index contributed by atoms with van der Waals surface area (Å²) in [6.07, 6.45) is 3.02. The van der Waals surface area contributed by atoms with Crippen LogP contribution < -0.4 is 16.0 Å². The molecule has 1 aliphatic carbocycles. The Hall–Kier alpha value is -4.14. The molecule has 2 amide bonds. The normalized spacial score (nSPS) is 13.7. The van der Waals surface area contributed by atoms with E-state index >= 15 is 0 Å². The molecule has 0 unspecified atom stereocenters. The summed E-state index contributed by atoms with van der Waals surface area (Å²) < 4.78 is 39.5. The quantitative estimate of drug-likeness (QED) is 0.307. The van der Waals surface area contributed by atoms with Crippen LogP contribution in [-0.2, 0) is 6.54 Å². The van der Waals surface area contributed by atoms with Crippen molar-refractivity contribution in [1.82, 2.24) is 35.0 Å². The summed E-state index contributed by atoms with van der Waals surface area (Å²) in [5.41, 5.74) is -0.738. The molecule has 0 spiro atoms. The molecule has 4 rings (SSSR count). The fraction of sp³-hybridized carbons (Fsp3) is 0.435. The first-order valence-corrected chi connectivity index (χ1v) is 11.7. The van der Waals surface area contributed by atoms with Gasteiger partial charge in [-0.2, -0.15) is 18.3 Å². The summed E-state index contributed by atoms with van der Waals surface area (Å²) in [7, 11) is 0. The molecule has 0 aliphatic heterocycles. The van der Waals surface area contributed by atoms with E-state index in [1.807, 2.05) is 0 Å². The maximum Gasteiger partial charge on any atom is 0.390 e. The Morgan fingerprint density at radius 3 is 2.45 bits per heavy atom. The first-order chi connectivity index (χ1) is 17.9. The maximum absolute atomic E-state index is 13.4. The second kappa shape index (κ2) is 10.7. The SMILES string of the molecule is CC(C)(O)CNC(=O)c1c(NC(=O)c2nc(C3CC3)cnc2Nc2cncnc2)cnn1CCC(F)(F)F. The number of hydrogen-bond donors (Lipinski definition) is 4. The van der Waals surface area contributed by atoms with Gasteiger partial charge in [-0.3, -0.25) is 14.3 Å². The molecule has 1 aliphatic rings. The molecule has 38 heavy (non-hydrogen) atoms. The number of aromatic nitrogens is 6. The zero-order chi connectivity index (χ0) is 27.5. The van der Waals surface area contributed by atoms with Crippen molar-refractivity contribution in [1.29, 1.82) is 0 Å². The van der Waals surface area contributed by atoms with Gasteiger partial charge >= 0.3 is 6.18 Å². The Morgan fingerprint density at radius 1 is 1.11 bits per heavy atom. The summed E-state index contributed by atoms with van der Waals surface area (Å²) >= 11 is 0. The lowest BCUT2D eigenvalue weighted by atomic mass is 10.1. The predicted octanol–water partition coefficient (Wildman–Crippen LogP) is 2.79. The summed E-state index contributed by atoms with van der Waals surface area (Å²) in [4.78, 5) is 42.9. The third-order valence-corrected chi connectivity index (χ3v) is 5.42. The molecule has 0 radical (unpaired) electrons. The molecular weight excluding hydrogens is 507 g/mol. The van der Waals surface area contributed by atoms with Gasteiger partial charge in [-0.15, -0.1) is 0 Å². The number of aliphatic hydroxyl groups is 1. The number of nitrogens with one attached hydrogen (secondary N) is 3. The maximum atomic E-state index is 13.4. The van der Waals surface area contributed by atoms with E-state index in [-0.39, 0.29) is 35.4 Å². The minimum atomic E-state index is -4.49. The molecule has 0 atom stereocenters. The highest BCUT2D eigenvalue weighted by Gasteiger charge is 2.31. The number of alkyl halides is 3. The molecule has 0 saturated heterocycles. The van der Waals surface area contributed by atoms with E-state index in [0.29, 0.717) is 11.4 Å². The van der Waals surface area contributed by atoms with Crippen molar-refractivity contribution >= 4 is 29.0 Å². The van der Waals surface area contributed by atoms with Gasteiger partial charge in [0.25, 0.3) is 11.8 Å². The Morgan fingerprint density at radius 2 is 1.82 bits per heavy atom. The number of anilines is 3. The van der Waals surface area contributed by atoms with E-state index in [9.17, 15) is 27.9 Å². The number of carbonyl (C=O) groups is 2. The predicted molar refractivity (Wildman–Crippen MR) is 129 cm³/mol. The third-order valence-electron chi connectivity index (χ3n) is 5.42. The Bertz CT molecular complexity index is 1300. The van der Waals surface area contributed by atoms with Gasteiger partial charge in [0.2, 0.25) is 0 Å². The van der Waals surface area contributed by atoms with Crippen molar-refractivity contribution in [2.45, 2.75) is 57.3 Å². The van der Waals surface area contributed by atoms with Crippen LogP contribution in [0.25, 0.3) is 0 Å². The molecule has 1 fully saturated rings. The van der Waals surface area contributed by atoms with E-state index < -0.39 is 36.6 Å². The van der Waals surface area contributed by atoms with E-state index in [2.05, 4.69) is 41.0 Å². The summed E-state index contributed by atoms with van der Waals surface area (Å²) in [5, 5.41) is 21.8. The topological polar surface area (TPSA) is 160 Å². The van der Waals surface area contributed by atoms with Crippen LogP contribution in [0.5, 0.6) is 0 Å². The fourth-order valence-electron chi connectivity index (χ4n) is 3.41. The third kappa shape index (κ3) is 7.21. The molecule has 15 heteroatoms. The number of nitrogens with zero attached hydrogens (tertiary/aromatic N) is 6. The molecule has 12 nitrogen and oxygen atoms in total. The van der Waals surface area contributed by atoms with Gasteiger partial charge < -0.3 is 21.1 Å². The Balaban J connectivity index is 1.63. The second-order valence-electron chi connectivity index (χ2n) is 9.46. The number of carbonyl (C=O) groups excluding carboxylic acids is 2. The smallest absolute Gasteiger partial charge is 0.389 e. The van der Waals surface area contributed by atoms with Crippen LogP contribution in [0.1, 0.15) is 65.7 Å². The largest absolute Gasteiger partial charge is 0.390 e. The molecular formula is C23H26F3N9O3. The lowest BCUT2D eigenvalue weighted by Gasteiger charge is -2.18. The number of halogens is 3. The fourth-order valence-corrected chi connectivity index (χ4v) is 3.41.